The van der Waals surface area contributed by atoms with Crippen LogP contribution in [0.2, 0.25) is 5.02 Å². The van der Waals surface area contributed by atoms with Gasteiger partial charge in [-0.05, 0) is 49.7 Å². The fraction of sp³-hybridized carbons (Fsp3) is 0.682. The number of amides is 1. The summed E-state index contributed by atoms with van der Waals surface area (Å²) in [5, 5.41) is 10.7. The quantitative estimate of drug-likeness (QED) is 0.763. The van der Waals surface area contributed by atoms with E-state index in [4.69, 9.17) is 21.1 Å². The molecule has 3 aliphatic rings. The van der Waals surface area contributed by atoms with Crippen molar-refractivity contribution >= 4 is 17.5 Å². The zero-order valence-corrected chi connectivity index (χ0v) is 18.0. The van der Waals surface area contributed by atoms with Crippen LogP contribution in [0, 0.1) is 11.8 Å². The standard InChI is InChI=1S/C22H31ClN2O4/c1-3-29-21-8-14(17(23)9-20(21)28-2)10-24-11-15-7-16(12-24)19(13-26)25-18(15)5-4-6-22(25)27/h8-9,15-16,18-19,26H,3-7,10-13H2,1-2H3/t15-,16+,18+,19+/m1/s1. The van der Waals surface area contributed by atoms with Crippen molar-refractivity contribution in [2.24, 2.45) is 11.8 Å². The Hall–Kier alpha value is -1.50. The van der Waals surface area contributed by atoms with E-state index < -0.39 is 0 Å². The molecule has 1 aromatic carbocycles. The van der Waals surface area contributed by atoms with E-state index in [2.05, 4.69) is 4.90 Å². The lowest BCUT2D eigenvalue weighted by molar-refractivity contribution is -0.155. The summed E-state index contributed by atoms with van der Waals surface area (Å²) in [6.07, 6.45) is 3.72. The van der Waals surface area contributed by atoms with Gasteiger partial charge in [-0.2, -0.15) is 0 Å². The number of hydrogen-bond acceptors (Lipinski definition) is 5. The number of aliphatic hydroxyl groups is 1. The number of carbonyl (C=O) groups is 1. The van der Waals surface area contributed by atoms with Crippen molar-refractivity contribution in [2.75, 3.05) is 33.4 Å². The number of piperidine rings is 3. The van der Waals surface area contributed by atoms with Crippen LogP contribution >= 0.6 is 11.6 Å². The average Bonchev–Trinajstić information content (AvgIpc) is 2.71. The zero-order chi connectivity index (χ0) is 20.5. The number of fused-ring (bicyclic) bond motifs is 4. The van der Waals surface area contributed by atoms with E-state index in [-0.39, 0.29) is 24.6 Å². The molecule has 1 amide bonds. The predicted octanol–water partition coefficient (Wildman–Crippen LogP) is 2.94. The van der Waals surface area contributed by atoms with E-state index >= 15 is 0 Å². The van der Waals surface area contributed by atoms with E-state index in [0.717, 1.165) is 44.5 Å². The molecule has 0 aromatic heterocycles. The van der Waals surface area contributed by atoms with Crippen LogP contribution in [0.3, 0.4) is 0 Å². The van der Waals surface area contributed by atoms with Crippen molar-refractivity contribution in [3.8, 4) is 11.5 Å². The number of ether oxygens (including phenoxy) is 2. The number of rotatable bonds is 6. The van der Waals surface area contributed by atoms with Gasteiger partial charge in [0.2, 0.25) is 5.91 Å². The van der Waals surface area contributed by atoms with Gasteiger partial charge in [-0.1, -0.05) is 11.6 Å². The minimum Gasteiger partial charge on any atom is -0.493 e. The zero-order valence-electron chi connectivity index (χ0n) is 17.3. The van der Waals surface area contributed by atoms with Crippen molar-refractivity contribution in [3.05, 3.63) is 22.7 Å². The van der Waals surface area contributed by atoms with Gasteiger partial charge >= 0.3 is 0 Å². The van der Waals surface area contributed by atoms with Gasteiger partial charge in [0, 0.05) is 43.2 Å². The summed E-state index contributed by atoms with van der Waals surface area (Å²) in [6, 6.07) is 4.01. The van der Waals surface area contributed by atoms with Gasteiger partial charge in [-0.25, -0.2) is 0 Å². The second kappa shape index (κ2) is 8.70. The molecule has 0 spiro atoms. The van der Waals surface area contributed by atoms with Crippen LogP contribution in [-0.2, 0) is 11.3 Å². The highest BCUT2D eigenvalue weighted by Gasteiger charge is 2.49. The topological polar surface area (TPSA) is 62.2 Å². The molecule has 3 heterocycles. The molecule has 4 rings (SSSR count). The molecular formula is C22H31ClN2O4. The number of halogens is 1. The first-order valence-electron chi connectivity index (χ1n) is 10.7. The lowest BCUT2D eigenvalue weighted by atomic mass is 9.72. The van der Waals surface area contributed by atoms with E-state index in [1.54, 1.807) is 7.11 Å². The first-order valence-corrected chi connectivity index (χ1v) is 11.1. The Balaban J connectivity index is 1.55. The summed E-state index contributed by atoms with van der Waals surface area (Å²) in [5.74, 6) is 2.35. The number of carbonyl (C=O) groups excluding carboxylic acids is 1. The van der Waals surface area contributed by atoms with Crippen LogP contribution in [0.5, 0.6) is 11.5 Å². The van der Waals surface area contributed by atoms with E-state index in [9.17, 15) is 9.90 Å². The van der Waals surface area contributed by atoms with Gasteiger partial charge in [-0.3, -0.25) is 9.69 Å². The van der Waals surface area contributed by atoms with Crippen LogP contribution in [0.25, 0.3) is 0 Å². The summed E-state index contributed by atoms with van der Waals surface area (Å²) in [6.45, 7) is 5.11. The molecule has 6 nitrogen and oxygen atoms in total. The summed E-state index contributed by atoms with van der Waals surface area (Å²) in [4.78, 5) is 17.0. The van der Waals surface area contributed by atoms with Crippen LogP contribution in [0.15, 0.2) is 12.1 Å². The monoisotopic (exact) mass is 422 g/mol. The van der Waals surface area contributed by atoms with Crippen LogP contribution in [0.1, 0.15) is 38.2 Å². The van der Waals surface area contributed by atoms with Gasteiger partial charge in [-0.15, -0.1) is 0 Å². The first-order chi connectivity index (χ1) is 14.0. The van der Waals surface area contributed by atoms with Gasteiger partial charge < -0.3 is 19.5 Å². The number of benzene rings is 1. The van der Waals surface area contributed by atoms with Crippen molar-refractivity contribution < 1.29 is 19.4 Å². The molecule has 7 heteroatoms. The average molecular weight is 423 g/mol. The number of methoxy groups -OCH3 is 1. The molecular weight excluding hydrogens is 392 g/mol. The Kier molecular flexibility index (Phi) is 6.23. The van der Waals surface area contributed by atoms with Gasteiger partial charge in [0.15, 0.2) is 11.5 Å². The van der Waals surface area contributed by atoms with Gasteiger partial charge in [0.1, 0.15) is 0 Å². The van der Waals surface area contributed by atoms with Crippen molar-refractivity contribution in [2.45, 2.75) is 51.2 Å². The molecule has 2 bridgehead atoms. The van der Waals surface area contributed by atoms with Crippen LogP contribution in [-0.4, -0.2) is 66.3 Å². The lowest BCUT2D eigenvalue weighted by Crippen LogP contribution is -2.65. The molecule has 1 aromatic rings. The fourth-order valence-electron chi connectivity index (χ4n) is 5.60. The fourth-order valence-corrected chi connectivity index (χ4v) is 5.82. The highest BCUT2D eigenvalue weighted by atomic mass is 35.5. The van der Waals surface area contributed by atoms with Crippen molar-refractivity contribution in [1.82, 2.24) is 9.80 Å². The summed E-state index contributed by atoms with van der Waals surface area (Å²) in [7, 11) is 1.62. The van der Waals surface area contributed by atoms with Crippen LogP contribution in [0.4, 0.5) is 0 Å². The number of hydrogen-bond donors (Lipinski definition) is 1. The van der Waals surface area contributed by atoms with E-state index in [1.165, 1.54) is 0 Å². The Labute approximate surface area is 177 Å². The molecule has 3 aliphatic heterocycles. The third-order valence-electron chi connectivity index (χ3n) is 6.79. The number of aliphatic hydroxyl groups excluding tert-OH is 1. The summed E-state index contributed by atoms with van der Waals surface area (Å²) in [5.41, 5.74) is 1.02. The Morgan fingerprint density at radius 2 is 2.03 bits per heavy atom. The SMILES string of the molecule is CCOc1cc(CN2C[C@H]3C[C@@H](C2)[C@H](CO)N2C(=O)CCC[C@@H]32)c(Cl)cc1OC. The second-order valence-electron chi connectivity index (χ2n) is 8.49. The summed E-state index contributed by atoms with van der Waals surface area (Å²) >= 11 is 6.55. The normalized spacial score (nSPS) is 29.5. The largest absolute Gasteiger partial charge is 0.493 e. The van der Waals surface area contributed by atoms with Crippen molar-refractivity contribution in [3.63, 3.8) is 0 Å². The van der Waals surface area contributed by atoms with E-state index in [1.807, 2.05) is 24.0 Å². The molecule has 3 saturated heterocycles. The maximum absolute atomic E-state index is 12.6. The van der Waals surface area contributed by atoms with Crippen LogP contribution < -0.4 is 9.47 Å². The van der Waals surface area contributed by atoms with Gasteiger partial charge in [0.05, 0.1) is 26.4 Å². The molecule has 4 atom stereocenters. The Morgan fingerprint density at radius 3 is 2.76 bits per heavy atom. The Morgan fingerprint density at radius 1 is 1.24 bits per heavy atom. The maximum atomic E-state index is 12.6. The second-order valence-corrected chi connectivity index (χ2v) is 8.90. The van der Waals surface area contributed by atoms with E-state index in [0.29, 0.717) is 41.4 Å². The Bertz CT molecular complexity index is 745. The maximum Gasteiger partial charge on any atom is 0.223 e. The molecule has 29 heavy (non-hydrogen) atoms. The molecule has 0 saturated carbocycles. The highest BCUT2D eigenvalue weighted by molar-refractivity contribution is 6.31. The third-order valence-corrected chi connectivity index (χ3v) is 7.14. The highest BCUT2D eigenvalue weighted by Crippen LogP contribution is 2.42. The minimum absolute atomic E-state index is 0.0469. The molecule has 1 N–H and O–H groups in total. The number of nitrogens with zero attached hydrogens (tertiary/aromatic N) is 2. The first kappa shape index (κ1) is 20.8. The third kappa shape index (κ3) is 3.94. The van der Waals surface area contributed by atoms with Gasteiger partial charge in [0.25, 0.3) is 0 Å². The molecule has 0 radical (unpaired) electrons. The molecule has 3 fully saturated rings. The summed E-state index contributed by atoms with van der Waals surface area (Å²) < 4.78 is 11.1. The van der Waals surface area contributed by atoms with Crippen molar-refractivity contribution in [1.29, 1.82) is 0 Å². The molecule has 160 valence electrons. The molecule has 0 unspecified atom stereocenters. The molecule has 0 aliphatic carbocycles. The predicted molar refractivity (Wildman–Crippen MR) is 111 cm³/mol. The minimum atomic E-state index is -0.0582. The number of likely N-dealkylation sites (tertiary alicyclic amines) is 1. The smallest absolute Gasteiger partial charge is 0.223 e. The lowest BCUT2D eigenvalue weighted by Gasteiger charge is -2.56.